The first kappa shape index (κ1) is 18.2. The molecule has 0 aromatic heterocycles. The summed E-state index contributed by atoms with van der Waals surface area (Å²) in [7, 11) is 0. The zero-order chi connectivity index (χ0) is 17.8. The maximum absolute atomic E-state index is 13.1. The van der Waals surface area contributed by atoms with E-state index in [2.05, 4.69) is 28.5 Å². The molecular weight excluding hydrogens is 317 g/mol. The Morgan fingerprint density at radius 3 is 2.36 bits per heavy atom. The van der Waals surface area contributed by atoms with Crippen molar-refractivity contribution in [3.63, 3.8) is 0 Å². The van der Waals surface area contributed by atoms with Crippen molar-refractivity contribution in [3.05, 3.63) is 30.1 Å². The number of anilines is 1. The van der Waals surface area contributed by atoms with Crippen molar-refractivity contribution in [2.75, 3.05) is 37.6 Å². The first-order valence-electron chi connectivity index (χ1n) is 9.58. The second-order valence-corrected chi connectivity index (χ2v) is 7.52. The lowest BCUT2D eigenvalue weighted by Crippen LogP contribution is -2.51. The lowest BCUT2D eigenvalue weighted by molar-refractivity contribution is -0.138. The van der Waals surface area contributed by atoms with E-state index in [4.69, 9.17) is 0 Å². The normalized spacial score (nSPS) is 25.7. The van der Waals surface area contributed by atoms with Gasteiger partial charge in [0.25, 0.3) is 0 Å². The Morgan fingerprint density at radius 1 is 1.00 bits per heavy atom. The fourth-order valence-corrected chi connectivity index (χ4v) is 4.22. The van der Waals surface area contributed by atoms with Gasteiger partial charge in [0.1, 0.15) is 5.82 Å². The fourth-order valence-electron chi connectivity index (χ4n) is 4.22. The van der Waals surface area contributed by atoms with E-state index >= 15 is 0 Å². The van der Waals surface area contributed by atoms with Gasteiger partial charge in [-0.1, -0.05) is 0 Å². The quantitative estimate of drug-likeness (QED) is 0.840. The average Bonchev–Trinajstić information content (AvgIpc) is 2.81. The molecular formula is C20H30FN3O. The predicted octanol–water partition coefficient (Wildman–Crippen LogP) is 3.13. The predicted molar refractivity (Wildman–Crippen MR) is 99.3 cm³/mol. The van der Waals surface area contributed by atoms with E-state index in [1.54, 1.807) is 0 Å². The highest BCUT2D eigenvalue weighted by Crippen LogP contribution is 2.23. The molecule has 138 valence electrons. The second kappa shape index (κ2) is 8.17. The van der Waals surface area contributed by atoms with Gasteiger partial charge in [-0.05, 0) is 63.8 Å². The van der Waals surface area contributed by atoms with Crippen molar-refractivity contribution in [2.24, 2.45) is 0 Å². The molecule has 3 rings (SSSR count). The molecule has 2 unspecified atom stereocenters. The van der Waals surface area contributed by atoms with Crippen LogP contribution in [0.2, 0.25) is 0 Å². The van der Waals surface area contributed by atoms with E-state index in [0.29, 0.717) is 18.6 Å². The molecule has 0 radical (unpaired) electrons. The van der Waals surface area contributed by atoms with Crippen molar-refractivity contribution in [3.8, 4) is 0 Å². The SMILES string of the molecule is CC1CCCC(C)N1C(=O)CN1CCCN(c2ccc(F)cc2)CC1. The third-order valence-corrected chi connectivity index (χ3v) is 5.62. The maximum Gasteiger partial charge on any atom is 0.237 e. The Kier molecular flexibility index (Phi) is 5.94. The number of benzene rings is 1. The third kappa shape index (κ3) is 4.51. The summed E-state index contributed by atoms with van der Waals surface area (Å²) in [6, 6.07) is 7.43. The average molecular weight is 347 g/mol. The highest BCUT2D eigenvalue weighted by Gasteiger charge is 2.30. The van der Waals surface area contributed by atoms with Crippen LogP contribution in [-0.2, 0) is 4.79 Å². The van der Waals surface area contributed by atoms with Crippen LogP contribution in [0.4, 0.5) is 10.1 Å². The minimum absolute atomic E-state index is 0.199. The van der Waals surface area contributed by atoms with Crippen LogP contribution in [0.5, 0.6) is 0 Å². The smallest absolute Gasteiger partial charge is 0.237 e. The van der Waals surface area contributed by atoms with Crippen molar-refractivity contribution >= 4 is 11.6 Å². The van der Waals surface area contributed by atoms with Crippen LogP contribution >= 0.6 is 0 Å². The van der Waals surface area contributed by atoms with Gasteiger partial charge < -0.3 is 9.80 Å². The Labute approximate surface area is 150 Å². The number of hydrogen-bond acceptors (Lipinski definition) is 3. The number of piperidine rings is 1. The van der Waals surface area contributed by atoms with Crippen LogP contribution in [0.3, 0.4) is 0 Å². The standard InChI is InChI=1S/C20H30FN3O/c1-16-5-3-6-17(2)24(16)20(25)15-22-11-4-12-23(14-13-22)19-9-7-18(21)8-10-19/h7-10,16-17H,3-6,11-15H2,1-2H3. The molecule has 5 heteroatoms. The second-order valence-electron chi connectivity index (χ2n) is 7.52. The van der Waals surface area contributed by atoms with Gasteiger partial charge in [-0.2, -0.15) is 0 Å². The lowest BCUT2D eigenvalue weighted by atomic mass is 9.97. The number of carbonyl (C=O) groups is 1. The molecule has 1 amide bonds. The summed E-state index contributed by atoms with van der Waals surface area (Å²) in [6.45, 7) is 8.51. The zero-order valence-corrected chi connectivity index (χ0v) is 15.5. The molecule has 1 aromatic rings. The number of halogens is 1. The molecule has 0 aliphatic carbocycles. The van der Waals surface area contributed by atoms with E-state index in [9.17, 15) is 9.18 Å². The van der Waals surface area contributed by atoms with Gasteiger partial charge in [0.05, 0.1) is 6.54 Å². The molecule has 2 aliphatic rings. The number of carbonyl (C=O) groups excluding carboxylic acids is 1. The Hall–Kier alpha value is -1.62. The highest BCUT2D eigenvalue weighted by atomic mass is 19.1. The Balaban J connectivity index is 1.56. The summed E-state index contributed by atoms with van der Waals surface area (Å²) in [5, 5.41) is 0. The number of hydrogen-bond donors (Lipinski definition) is 0. The van der Waals surface area contributed by atoms with Crippen molar-refractivity contribution < 1.29 is 9.18 Å². The van der Waals surface area contributed by atoms with Crippen LogP contribution in [0.15, 0.2) is 24.3 Å². The lowest BCUT2D eigenvalue weighted by Gasteiger charge is -2.40. The van der Waals surface area contributed by atoms with E-state index in [1.165, 1.54) is 18.6 Å². The van der Waals surface area contributed by atoms with Crippen LogP contribution in [0, 0.1) is 5.82 Å². The molecule has 2 heterocycles. The van der Waals surface area contributed by atoms with Gasteiger partial charge in [-0.15, -0.1) is 0 Å². The number of amides is 1. The molecule has 2 saturated heterocycles. The van der Waals surface area contributed by atoms with Gasteiger partial charge >= 0.3 is 0 Å². The van der Waals surface area contributed by atoms with Gasteiger partial charge in [0, 0.05) is 44.0 Å². The summed E-state index contributed by atoms with van der Waals surface area (Å²) in [6.07, 6.45) is 4.49. The summed E-state index contributed by atoms with van der Waals surface area (Å²) < 4.78 is 13.1. The van der Waals surface area contributed by atoms with Gasteiger partial charge in [-0.25, -0.2) is 4.39 Å². The molecule has 2 aliphatic heterocycles. The van der Waals surface area contributed by atoms with E-state index in [-0.39, 0.29) is 11.7 Å². The van der Waals surface area contributed by atoms with E-state index in [1.807, 2.05) is 12.1 Å². The van der Waals surface area contributed by atoms with Crippen LogP contribution < -0.4 is 4.90 Å². The van der Waals surface area contributed by atoms with Crippen molar-refractivity contribution in [2.45, 2.75) is 51.6 Å². The summed E-state index contributed by atoms with van der Waals surface area (Å²) in [5.41, 5.74) is 1.06. The molecule has 0 N–H and O–H groups in total. The topological polar surface area (TPSA) is 26.8 Å². The Bertz CT molecular complexity index is 567. The van der Waals surface area contributed by atoms with Gasteiger partial charge in [-0.3, -0.25) is 9.69 Å². The summed E-state index contributed by atoms with van der Waals surface area (Å²) in [5.74, 6) is 0.0745. The molecule has 2 atom stereocenters. The number of nitrogens with zero attached hydrogens (tertiary/aromatic N) is 3. The first-order chi connectivity index (χ1) is 12.0. The molecule has 0 bridgehead atoms. The molecule has 2 fully saturated rings. The molecule has 1 aromatic carbocycles. The maximum atomic E-state index is 13.1. The zero-order valence-electron chi connectivity index (χ0n) is 15.5. The highest BCUT2D eigenvalue weighted by molar-refractivity contribution is 5.79. The molecule has 0 spiro atoms. The first-order valence-corrected chi connectivity index (χ1v) is 9.58. The van der Waals surface area contributed by atoms with Gasteiger partial charge in [0.15, 0.2) is 0 Å². The third-order valence-electron chi connectivity index (χ3n) is 5.62. The minimum Gasteiger partial charge on any atom is -0.370 e. The van der Waals surface area contributed by atoms with Crippen molar-refractivity contribution in [1.82, 2.24) is 9.80 Å². The Morgan fingerprint density at radius 2 is 1.68 bits per heavy atom. The van der Waals surface area contributed by atoms with Crippen LogP contribution in [-0.4, -0.2) is 60.5 Å². The monoisotopic (exact) mass is 347 g/mol. The fraction of sp³-hybridized carbons (Fsp3) is 0.650. The van der Waals surface area contributed by atoms with E-state index < -0.39 is 0 Å². The number of likely N-dealkylation sites (tertiary alicyclic amines) is 1. The van der Waals surface area contributed by atoms with Crippen molar-refractivity contribution in [1.29, 1.82) is 0 Å². The van der Waals surface area contributed by atoms with Crippen LogP contribution in [0.25, 0.3) is 0 Å². The largest absolute Gasteiger partial charge is 0.370 e. The summed E-state index contributed by atoms with van der Waals surface area (Å²) in [4.78, 5) is 19.5. The summed E-state index contributed by atoms with van der Waals surface area (Å²) >= 11 is 0. The minimum atomic E-state index is -0.199. The molecule has 4 nitrogen and oxygen atoms in total. The van der Waals surface area contributed by atoms with Crippen LogP contribution in [0.1, 0.15) is 39.5 Å². The van der Waals surface area contributed by atoms with Gasteiger partial charge in [0.2, 0.25) is 5.91 Å². The molecule has 0 saturated carbocycles. The van der Waals surface area contributed by atoms with E-state index in [0.717, 1.165) is 51.1 Å². The number of rotatable bonds is 3. The molecule has 25 heavy (non-hydrogen) atoms.